The van der Waals surface area contributed by atoms with Crippen molar-refractivity contribution in [2.75, 3.05) is 19.8 Å². The molecule has 0 saturated carbocycles. The second-order valence-electron chi connectivity index (χ2n) is 4.81. The van der Waals surface area contributed by atoms with E-state index in [1.165, 1.54) is 5.56 Å². The molecule has 19 heavy (non-hydrogen) atoms. The van der Waals surface area contributed by atoms with E-state index in [1.54, 1.807) is 0 Å². The Morgan fingerprint density at radius 2 is 2.11 bits per heavy atom. The third kappa shape index (κ3) is 5.41. The maximum atomic E-state index is 11.1. The van der Waals surface area contributed by atoms with E-state index in [9.17, 15) is 4.79 Å². The Bertz CT molecular complexity index is 380. The van der Waals surface area contributed by atoms with Crippen molar-refractivity contribution in [3.8, 4) is 0 Å². The summed E-state index contributed by atoms with van der Waals surface area (Å²) in [7, 11) is 0. The lowest BCUT2D eigenvalue weighted by atomic mass is 10.1. The van der Waals surface area contributed by atoms with Crippen LogP contribution in [0.3, 0.4) is 0 Å². The number of ether oxygens (including phenoxy) is 2. The average Bonchev–Trinajstić information content (AvgIpc) is 2.44. The van der Waals surface area contributed by atoms with Gasteiger partial charge in [-0.15, -0.1) is 0 Å². The molecular weight excluding hydrogens is 242 g/mol. The Balaban J connectivity index is 1.49. The standard InChI is InChI=1S/C15H21NO3/c17-15-12-19-11-14(16-15)8-4-5-9-18-10-13-6-2-1-3-7-13/h1-3,6-7,14H,4-5,8-12H2,(H,16,17). The molecule has 1 atom stereocenters. The molecule has 0 aliphatic carbocycles. The molecule has 1 unspecified atom stereocenters. The fraction of sp³-hybridized carbons (Fsp3) is 0.533. The lowest BCUT2D eigenvalue weighted by Gasteiger charge is -2.23. The van der Waals surface area contributed by atoms with Gasteiger partial charge < -0.3 is 14.8 Å². The van der Waals surface area contributed by atoms with Gasteiger partial charge in [-0.2, -0.15) is 0 Å². The zero-order valence-electron chi connectivity index (χ0n) is 11.1. The fourth-order valence-corrected chi connectivity index (χ4v) is 2.12. The predicted molar refractivity (Wildman–Crippen MR) is 72.7 cm³/mol. The van der Waals surface area contributed by atoms with Gasteiger partial charge in [0.2, 0.25) is 5.91 Å². The van der Waals surface area contributed by atoms with Crippen molar-refractivity contribution < 1.29 is 14.3 Å². The van der Waals surface area contributed by atoms with Crippen LogP contribution < -0.4 is 5.32 Å². The zero-order valence-corrected chi connectivity index (χ0v) is 11.1. The molecule has 1 amide bonds. The summed E-state index contributed by atoms with van der Waals surface area (Å²) in [4.78, 5) is 11.1. The van der Waals surface area contributed by atoms with E-state index in [2.05, 4.69) is 17.4 Å². The number of carbonyl (C=O) groups excluding carboxylic acids is 1. The van der Waals surface area contributed by atoms with Crippen molar-refractivity contribution in [1.82, 2.24) is 5.32 Å². The molecule has 4 heteroatoms. The molecule has 1 heterocycles. The quantitative estimate of drug-likeness (QED) is 0.764. The topological polar surface area (TPSA) is 47.6 Å². The number of nitrogens with one attached hydrogen (secondary N) is 1. The second-order valence-corrected chi connectivity index (χ2v) is 4.81. The van der Waals surface area contributed by atoms with E-state index in [1.807, 2.05) is 18.2 Å². The summed E-state index contributed by atoms with van der Waals surface area (Å²) in [5, 5.41) is 2.93. The number of hydrogen-bond donors (Lipinski definition) is 1. The molecule has 0 spiro atoms. The Morgan fingerprint density at radius 3 is 2.89 bits per heavy atom. The predicted octanol–water partition coefficient (Wildman–Crippen LogP) is 1.89. The van der Waals surface area contributed by atoms with Gasteiger partial charge in [-0.3, -0.25) is 4.79 Å². The van der Waals surface area contributed by atoms with Gasteiger partial charge in [-0.05, 0) is 24.8 Å². The van der Waals surface area contributed by atoms with E-state index in [0.717, 1.165) is 25.9 Å². The smallest absolute Gasteiger partial charge is 0.246 e. The molecule has 0 radical (unpaired) electrons. The molecule has 1 aromatic carbocycles. The van der Waals surface area contributed by atoms with Crippen LogP contribution >= 0.6 is 0 Å². The van der Waals surface area contributed by atoms with Crippen LogP contribution in [0.5, 0.6) is 0 Å². The Kier molecular flexibility index (Phi) is 5.85. The molecule has 1 saturated heterocycles. The maximum Gasteiger partial charge on any atom is 0.246 e. The molecule has 104 valence electrons. The summed E-state index contributed by atoms with van der Waals surface area (Å²) in [5.74, 6) is -0.00317. The van der Waals surface area contributed by atoms with Crippen LogP contribution in [0.4, 0.5) is 0 Å². The molecule has 0 aromatic heterocycles. The number of unbranched alkanes of at least 4 members (excludes halogenated alkanes) is 1. The van der Waals surface area contributed by atoms with E-state index in [0.29, 0.717) is 13.2 Å². The molecule has 2 rings (SSSR count). The molecule has 1 aliphatic rings. The van der Waals surface area contributed by atoms with Crippen molar-refractivity contribution in [2.24, 2.45) is 0 Å². The zero-order chi connectivity index (χ0) is 13.3. The van der Waals surface area contributed by atoms with Gasteiger partial charge in [-0.25, -0.2) is 0 Å². The van der Waals surface area contributed by atoms with Gasteiger partial charge in [0.15, 0.2) is 0 Å². The van der Waals surface area contributed by atoms with Crippen LogP contribution in [0.25, 0.3) is 0 Å². The highest BCUT2D eigenvalue weighted by Gasteiger charge is 2.17. The Hall–Kier alpha value is -1.39. The lowest BCUT2D eigenvalue weighted by Crippen LogP contribution is -2.45. The second kappa shape index (κ2) is 7.92. The number of morpholine rings is 1. The minimum absolute atomic E-state index is 0.00317. The first-order valence-electron chi connectivity index (χ1n) is 6.83. The van der Waals surface area contributed by atoms with Crippen LogP contribution in [0.1, 0.15) is 24.8 Å². The highest BCUT2D eigenvalue weighted by molar-refractivity contribution is 5.78. The molecule has 4 nitrogen and oxygen atoms in total. The molecule has 1 fully saturated rings. The van der Waals surface area contributed by atoms with Gasteiger partial charge in [0.25, 0.3) is 0 Å². The number of amides is 1. The first-order valence-corrected chi connectivity index (χ1v) is 6.83. The van der Waals surface area contributed by atoms with Crippen LogP contribution in [-0.2, 0) is 20.9 Å². The number of rotatable bonds is 7. The largest absolute Gasteiger partial charge is 0.377 e. The van der Waals surface area contributed by atoms with Gasteiger partial charge in [0.1, 0.15) is 6.61 Å². The van der Waals surface area contributed by atoms with Gasteiger partial charge >= 0.3 is 0 Å². The third-order valence-corrected chi connectivity index (χ3v) is 3.12. The Morgan fingerprint density at radius 1 is 1.26 bits per heavy atom. The van der Waals surface area contributed by atoms with Crippen LogP contribution in [0.2, 0.25) is 0 Å². The SMILES string of the molecule is O=C1COCC(CCCCOCc2ccccc2)N1. The monoisotopic (exact) mass is 263 g/mol. The molecule has 1 aromatic rings. The minimum atomic E-state index is -0.00317. The lowest BCUT2D eigenvalue weighted by molar-refractivity contribution is -0.131. The number of hydrogen-bond acceptors (Lipinski definition) is 3. The summed E-state index contributed by atoms with van der Waals surface area (Å²) in [6.45, 7) is 2.27. The summed E-state index contributed by atoms with van der Waals surface area (Å²) in [5.41, 5.74) is 1.20. The van der Waals surface area contributed by atoms with E-state index in [4.69, 9.17) is 9.47 Å². The van der Waals surface area contributed by atoms with E-state index < -0.39 is 0 Å². The van der Waals surface area contributed by atoms with Crippen molar-refractivity contribution >= 4 is 5.91 Å². The first kappa shape index (κ1) is 14.0. The maximum absolute atomic E-state index is 11.1. The highest BCUT2D eigenvalue weighted by atomic mass is 16.5. The van der Waals surface area contributed by atoms with Crippen LogP contribution in [0, 0.1) is 0 Å². The van der Waals surface area contributed by atoms with E-state index in [-0.39, 0.29) is 18.6 Å². The first-order chi connectivity index (χ1) is 9.34. The van der Waals surface area contributed by atoms with E-state index >= 15 is 0 Å². The highest BCUT2D eigenvalue weighted by Crippen LogP contribution is 2.06. The summed E-state index contributed by atoms with van der Waals surface area (Å²) in [6.07, 6.45) is 3.02. The third-order valence-electron chi connectivity index (χ3n) is 3.12. The van der Waals surface area contributed by atoms with Crippen molar-refractivity contribution in [2.45, 2.75) is 31.9 Å². The van der Waals surface area contributed by atoms with Crippen molar-refractivity contribution in [3.05, 3.63) is 35.9 Å². The molecular formula is C15H21NO3. The average molecular weight is 263 g/mol. The summed E-state index contributed by atoms with van der Waals surface area (Å²) in [6, 6.07) is 10.3. The normalized spacial score (nSPS) is 19.2. The van der Waals surface area contributed by atoms with Gasteiger partial charge in [-0.1, -0.05) is 30.3 Å². The molecule has 1 aliphatic heterocycles. The summed E-state index contributed by atoms with van der Waals surface area (Å²) < 4.78 is 10.8. The van der Waals surface area contributed by atoms with Gasteiger partial charge in [0.05, 0.1) is 19.3 Å². The molecule has 0 bridgehead atoms. The van der Waals surface area contributed by atoms with Crippen molar-refractivity contribution in [3.63, 3.8) is 0 Å². The minimum Gasteiger partial charge on any atom is -0.377 e. The number of carbonyl (C=O) groups is 1. The number of benzene rings is 1. The van der Waals surface area contributed by atoms with Crippen LogP contribution in [-0.4, -0.2) is 31.8 Å². The summed E-state index contributed by atoms with van der Waals surface area (Å²) >= 11 is 0. The fourth-order valence-electron chi connectivity index (χ4n) is 2.12. The Labute approximate surface area is 114 Å². The van der Waals surface area contributed by atoms with Crippen molar-refractivity contribution in [1.29, 1.82) is 0 Å². The van der Waals surface area contributed by atoms with Gasteiger partial charge in [0, 0.05) is 6.61 Å². The molecule has 1 N–H and O–H groups in total. The van der Waals surface area contributed by atoms with Crippen LogP contribution in [0.15, 0.2) is 30.3 Å².